The highest BCUT2D eigenvalue weighted by Crippen LogP contribution is 2.17. The van der Waals surface area contributed by atoms with Crippen LogP contribution >= 0.6 is 0 Å². The van der Waals surface area contributed by atoms with E-state index in [1.54, 1.807) is 6.33 Å². The van der Waals surface area contributed by atoms with E-state index in [4.69, 9.17) is 0 Å². The first kappa shape index (κ1) is 11.3. The Kier molecular flexibility index (Phi) is 3.10. The van der Waals surface area contributed by atoms with E-state index in [0.29, 0.717) is 0 Å². The van der Waals surface area contributed by atoms with Crippen molar-refractivity contribution >= 4 is 5.82 Å². The molecule has 0 aromatic carbocycles. The average Bonchev–Trinajstić information content (AvgIpc) is 2.28. The van der Waals surface area contributed by atoms with Crippen LogP contribution in [0, 0.1) is 0 Å². The summed E-state index contributed by atoms with van der Waals surface area (Å²) in [7, 11) is 0. The van der Waals surface area contributed by atoms with Gasteiger partial charge in [-0.2, -0.15) is 0 Å². The number of aromatic nitrogens is 2. The standard InChI is InChI=1S/C12H20N4/c1-4-10-7-11(14-9-13-10)16-6-5-15-12(2,3)8-16/h7,9,15H,4-6,8H2,1-3H3. The van der Waals surface area contributed by atoms with E-state index < -0.39 is 0 Å². The van der Waals surface area contributed by atoms with Gasteiger partial charge in [-0.25, -0.2) is 9.97 Å². The molecule has 2 heterocycles. The van der Waals surface area contributed by atoms with Crippen molar-refractivity contribution in [2.24, 2.45) is 0 Å². The molecular formula is C12H20N4. The summed E-state index contributed by atoms with van der Waals surface area (Å²) in [4.78, 5) is 10.9. The van der Waals surface area contributed by atoms with E-state index in [-0.39, 0.29) is 5.54 Å². The lowest BCUT2D eigenvalue weighted by atomic mass is 10.0. The molecular weight excluding hydrogens is 200 g/mol. The summed E-state index contributed by atoms with van der Waals surface area (Å²) in [6.07, 6.45) is 2.63. The SMILES string of the molecule is CCc1cc(N2CCNC(C)(C)C2)ncn1. The lowest BCUT2D eigenvalue weighted by Crippen LogP contribution is -2.57. The molecule has 1 aliphatic rings. The summed E-state index contributed by atoms with van der Waals surface area (Å²) in [5.74, 6) is 1.06. The van der Waals surface area contributed by atoms with Crippen LogP contribution in [-0.2, 0) is 6.42 Å². The Balaban J connectivity index is 2.16. The van der Waals surface area contributed by atoms with E-state index in [0.717, 1.165) is 37.6 Å². The topological polar surface area (TPSA) is 41.0 Å². The van der Waals surface area contributed by atoms with E-state index in [9.17, 15) is 0 Å². The summed E-state index contributed by atoms with van der Waals surface area (Å²) in [6, 6.07) is 2.10. The largest absolute Gasteiger partial charge is 0.353 e. The molecule has 4 heteroatoms. The lowest BCUT2D eigenvalue weighted by Gasteiger charge is -2.39. The van der Waals surface area contributed by atoms with Crippen LogP contribution in [0.2, 0.25) is 0 Å². The second-order valence-electron chi connectivity index (χ2n) is 4.95. The molecule has 0 bridgehead atoms. The molecule has 0 radical (unpaired) electrons. The number of hydrogen-bond acceptors (Lipinski definition) is 4. The third kappa shape index (κ3) is 2.50. The molecule has 1 fully saturated rings. The first-order valence-corrected chi connectivity index (χ1v) is 5.91. The minimum atomic E-state index is 0.162. The molecule has 1 aromatic heterocycles. The third-order valence-corrected chi connectivity index (χ3v) is 2.97. The molecule has 1 aromatic rings. The minimum Gasteiger partial charge on any atom is -0.353 e. The van der Waals surface area contributed by atoms with Crippen molar-refractivity contribution in [2.75, 3.05) is 24.5 Å². The maximum atomic E-state index is 4.36. The molecule has 0 atom stereocenters. The monoisotopic (exact) mass is 220 g/mol. The fourth-order valence-corrected chi connectivity index (χ4v) is 2.09. The van der Waals surface area contributed by atoms with Gasteiger partial charge in [0.1, 0.15) is 12.1 Å². The molecule has 0 saturated carbocycles. The Morgan fingerprint density at radius 1 is 1.44 bits per heavy atom. The molecule has 0 amide bonds. The number of anilines is 1. The van der Waals surface area contributed by atoms with Gasteiger partial charge in [0.25, 0.3) is 0 Å². The molecule has 1 aliphatic heterocycles. The second-order valence-corrected chi connectivity index (χ2v) is 4.95. The van der Waals surface area contributed by atoms with Gasteiger partial charge >= 0.3 is 0 Å². The highest BCUT2D eigenvalue weighted by Gasteiger charge is 2.26. The van der Waals surface area contributed by atoms with Gasteiger partial charge in [-0.15, -0.1) is 0 Å². The molecule has 4 nitrogen and oxygen atoms in total. The van der Waals surface area contributed by atoms with Crippen LogP contribution < -0.4 is 10.2 Å². The van der Waals surface area contributed by atoms with Crippen molar-refractivity contribution in [3.05, 3.63) is 18.1 Å². The van der Waals surface area contributed by atoms with Crippen LogP contribution in [0.3, 0.4) is 0 Å². The zero-order valence-electron chi connectivity index (χ0n) is 10.3. The van der Waals surface area contributed by atoms with Crippen LogP contribution in [0.1, 0.15) is 26.5 Å². The number of hydrogen-bond donors (Lipinski definition) is 1. The van der Waals surface area contributed by atoms with Gasteiger partial charge in [0, 0.05) is 36.9 Å². The zero-order valence-corrected chi connectivity index (χ0v) is 10.3. The zero-order chi connectivity index (χ0) is 11.6. The Bertz CT molecular complexity index is 362. The van der Waals surface area contributed by atoms with Gasteiger partial charge in [0.15, 0.2) is 0 Å². The van der Waals surface area contributed by atoms with Crippen molar-refractivity contribution in [3.63, 3.8) is 0 Å². The first-order chi connectivity index (χ1) is 7.61. The highest BCUT2D eigenvalue weighted by atomic mass is 15.3. The van der Waals surface area contributed by atoms with Crippen LogP contribution in [0.5, 0.6) is 0 Å². The van der Waals surface area contributed by atoms with Gasteiger partial charge in [-0.1, -0.05) is 6.92 Å². The predicted octanol–water partition coefficient (Wildman–Crippen LogP) is 1.23. The van der Waals surface area contributed by atoms with Gasteiger partial charge in [0.2, 0.25) is 0 Å². The van der Waals surface area contributed by atoms with Crippen molar-refractivity contribution in [1.82, 2.24) is 15.3 Å². The maximum absolute atomic E-state index is 4.36. The van der Waals surface area contributed by atoms with E-state index in [1.807, 2.05) is 0 Å². The molecule has 0 spiro atoms. The van der Waals surface area contributed by atoms with Crippen LogP contribution in [0.15, 0.2) is 12.4 Å². The first-order valence-electron chi connectivity index (χ1n) is 5.91. The molecule has 0 unspecified atom stereocenters. The summed E-state index contributed by atoms with van der Waals surface area (Å²) < 4.78 is 0. The number of rotatable bonds is 2. The molecule has 88 valence electrons. The Labute approximate surface area is 97.1 Å². The van der Waals surface area contributed by atoms with Gasteiger partial charge in [0.05, 0.1) is 0 Å². The minimum absolute atomic E-state index is 0.162. The van der Waals surface area contributed by atoms with Crippen LogP contribution in [0.4, 0.5) is 5.82 Å². The fourth-order valence-electron chi connectivity index (χ4n) is 2.09. The smallest absolute Gasteiger partial charge is 0.132 e. The Hall–Kier alpha value is -1.16. The van der Waals surface area contributed by atoms with Gasteiger partial charge < -0.3 is 10.2 Å². The van der Waals surface area contributed by atoms with Crippen LogP contribution in [0.25, 0.3) is 0 Å². The molecule has 1 N–H and O–H groups in total. The van der Waals surface area contributed by atoms with Crippen molar-refractivity contribution < 1.29 is 0 Å². The van der Waals surface area contributed by atoms with E-state index in [1.165, 1.54) is 0 Å². The van der Waals surface area contributed by atoms with E-state index >= 15 is 0 Å². The molecule has 2 rings (SSSR count). The summed E-state index contributed by atoms with van der Waals surface area (Å²) in [5, 5.41) is 3.50. The maximum Gasteiger partial charge on any atom is 0.132 e. The summed E-state index contributed by atoms with van der Waals surface area (Å²) in [5.41, 5.74) is 1.27. The number of nitrogens with one attached hydrogen (secondary N) is 1. The second kappa shape index (κ2) is 4.37. The van der Waals surface area contributed by atoms with Gasteiger partial charge in [-0.3, -0.25) is 0 Å². The van der Waals surface area contributed by atoms with Crippen molar-refractivity contribution in [3.8, 4) is 0 Å². The highest BCUT2D eigenvalue weighted by molar-refractivity contribution is 5.40. The lowest BCUT2D eigenvalue weighted by molar-refractivity contribution is 0.351. The van der Waals surface area contributed by atoms with Crippen molar-refractivity contribution in [2.45, 2.75) is 32.7 Å². The number of nitrogens with zero attached hydrogens (tertiary/aromatic N) is 3. The normalized spacial score (nSPS) is 19.8. The molecule has 1 saturated heterocycles. The summed E-state index contributed by atoms with van der Waals surface area (Å²) >= 11 is 0. The third-order valence-electron chi connectivity index (χ3n) is 2.97. The van der Waals surface area contributed by atoms with E-state index in [2.05, 4.69) is 47.0 Å². The Morgan fingerprint density at radius 3 is 2.94 bits per heavy atom. The number of piperazine rings is 1. The number of aryl methyl sites for hydroxylation is 1. The average molecular weight is 220 g/mol. The molecule has 0 aliphatic carbocycles. The Morgan fingerprint density at radius 2 is 2.25 bits per heavy atom. The van der Waals surface area contributed by atoms with Crippen LogP contribution in [-0.4, -0.2) is 35.1 Å². The molecule has 16 heavy (non-hydrogen) atoms. The summed E-state index contributed by atoms with van der Waals surface area (Å²) in [6.45, 7) is 9.59. The quantitative estimate of drug-likeness (QED) is 0.814. The van der Waals surface area contributed by atoms with Gasteiger partial charge in [-0.05, 0) is 20.3 Å². The predicted molar refractivity (Wildman–Crippen MR) is 65.7 cm³/mol. The fraction of sp³-hybridized carbons (Fsp3) is 0.667. The van der Waals surface area contributed by atoms with Crippen molar-refractivity contribution in [1.29, 1.82) is 0 Å².